The Bertz CT molecular complexity index is 602. The third-order valence-electron chi connectivity index (χ3n) is 3.71. The van der Waals surface area contributed by atoms with Gasteiger partial charge in [0, 0.05) is 30.0 Å². The van der Waals surface area contributed by atoms with Crippen LogP contribution in [0.1, 0.15) is 35.1 Å². The molecular weight excluding hydrogens is 264 g/mol. The largest absolute Gasteiger partial charge is 0.349 e. The van der Waals surface area contributed by atoms with Crippen molar-refractivity contribution < 1.29 is 13.2 Å². The maximum Gasteiger partial charge on any atom is 0.214 e. The van der Waals surface area contributed by atoms with Crippen LogP contribution in [0, 0.1) is 13.8 Å². The summed E-state index contributed by atoms with van der Waals surface area (Å²) in [6.45, 7) is 7.13. The third-order valence-corrected chi connectivity index (χ3v) is 5.62. The lowest BCUT2D eigenvalue weighted by Crippen LogP contribution is -2.31. The number of hydrogen-bond acceptors (Lipinski definition) is 3. The van der Waals surface area contributed by atoms with E-state index in [1.807, 2.05) is 26.8 Å². The number of carbonyl (C=O) groups is 1. The number of aromatic nitrogens is 1. The van der Waals surface area contributed by atoms with E-state index in [0.29, 0.717) is 18.5 Å². The molecule has 6 heteroatoms. The van der Waals surface area contributed by atoms with Crippen molar-refractivity contribution >= 4 is 15.8 Å². The minimum absolute atomic E-state index is 0.0314. The van der Waals surface area contributed by atoms with Gasteiger partial charge in [-0.1, -0.05) is 0 Å². The van der Waals surface area contributed by atoms with Crippen molar-refractivity contribution in [3.05, 3.63) is 23.0 Å². The van der Waals surface area contributed by atoms with Crippen LogP contribution in [0.3, 0.4) is 0 Å². The Kier molecular flexibility index (Phi) is 3.82. The van der Waals surface area contributed by atoms with Gasteiger partial charge in [0.05, 0.1) is 12.3 Å². The second kappa shape index (κ2) is 5.09. The van der Waals surface area contributed by atoms with Crippen LogP contribution in [0.25, 0.3) is 0 Å². The van der Waals surface area contributed by atoms with Crippen molar-refractivity contribution in [2.24, 2.45) is 0 Å². The summed E-state index contributed by atoms with van der Waals surface area (Å²) in [5, 5.41) is 0. The summed E-state index contributed by atoms with van der Waals surface area (Å²) in [4.78, 5) is 12.3. The van der Waals surface area contributed by atoms with Gasteiger partial charge in [-0.25, -0.2) is 8.42 Å². The van der Waals surface area contributed by atoms with Crippen molar-refractivity contribution in [3.63, 3.8) is 0 Å². The number of ketones is 1. The predicted octanol–water partition coefficient (Wildman–Crippen LogP) is 1.34. The fraction of sp³-hybridized carbons (Fsp3) is 0.615. The number of rotatable bonds is 4. The summed E-state index contributed by atoms with van der Waals surface area (Å²) in [6, 6.07) is 1.85. The van der Waals surface area contributed by atoms with Gasteiger partial charge in [-0.15, -0.1) is 0 Å². The van der Waals surface area contributed by atoms with E-state index in [-0.39, 0.29) is 18.1 Å². The Morgan fingerprint density at radius 3 is 2.53 bits per heavy atom. The quantitative estimate of drug-likeness (QED) is 0.784. The molecule has 0 atom stereocenters. The fourth-order valence-electron chi connectivity index (χ4n) is 2.68. The molecule has 0 N–H and O–H groups in total. The van der Waals surface area contributed by atoms with E-state index in [2.05, 4.69) is 4.57 Å². The van der Waals surface area contributed by atoms with Gasteiger partial charge < -0.3 is 4.57 Å². The molecular formula is C13H20N2O3S. The van der Waals surface area contributed by atoms with Crippen LogP contribution >= 0.6 is 0 Å². The van der Waals surface area contributed by atoms with Gasteiger partial charge in [0.15, 0.2) is 5.78 Å². The molecule has 2 heterocycles. The van der Waals surface area contributed by atoms with Crippen molar-refractivity contribution in [3.8, 4) is 0 Å². The predicted molar refractivity (Wildman–Crippen MR) is 73.9 cm³/mol. The fourth-order valence-corrected chi connectivity index (χ4v) is 4.16. The highest BCUT2D eigenvalue weighted by Crippen LogP contribution is 2.18. The van der Waals surface area contributed by atoms with E-state index in [1.54, 1.807) is 0 Å². The highest BCUT2D eigenvalue weighted by molar-refractivity contribution is 7.89. The van der Waals surface area contributed by atoms with Crippen LogP contribution in [0.5, 0.6) is 0 Å². The summed E-state index contributed by atoms with van der Waals surface area (Å²) in [7, 11) is -3.21. The Labute approximate surface area is 114 Å². The van der Waals surface area contributed by atoms with Gasteiger partial charge in [0.25, 0.3) is 0 Å². The normalized spacial score (nSPS) is 18.9. The lowest BCUT2D eigenvalue weighted by atomic mass is 10.1. The van der Waals surface area contributed by atoms with Crippen molar-refractivity contribution in [2.45, 2.75) is 33.7 Å². The van der Waals surface area contributed by atoms with Gasteiger partial charge in [0.2, 0.25) is 10.0 Å². The van der Waals surface area contributed by atoms with Crippen molar-refractivity contribution in [1.82, 2.24) is 8.87 Å². The molecule has 19 heavy (non-hydrogen) atoms. The van der Waals surface area contributed by atoms with E-state index in [1.165, 1.54) is 4.31 Å². The topological polar surface area (TPSA) is 59.4 Å². The molecule has 1 aromatic heterocycles. The summed E-state index contributed by atoms with van der Waals surface area (Å²) >= 11 is 0. The molecule has 0 amide bonds. The zero-order valence-electron chi connectivity index (χ0n) is 11.6. The summed E-state index contributed by atoms with van der Waals surface area (Å²) in [5.41, 5.74) is 2.59. The Morgan fingerprint density at radius 1 is 1.37 bits per heavy atom. The number of aryl methyl sites for hydroxylation is 1. The second-order valence-corrected chi connectivity index (χ2v) is 7.04. The van der Waals surface area contributed by atoms with Crippen LogP contribution in [0.15, 0.2) is 6.07 Å². The Morgan fingerprint density at radius 2 is 2.05 bits per heavy atom. The Hall–Kier alpha value is -1.14. The molecule has 0 aliphatic carbocycles. The van der Waals surface area contributed by atoms with E-state index in [4.69, 9.17) is 0 Å². The molecule has 1 aliphatic heterocycles. The molecule has 0 bridgehead atoms. The second-order valence-electron chi connectivity index (χ2n) is 4.96. The molecule has 0 aromatic carbocycles. The number of nitrogens with zero attached hydrogens (tertiary/aromatic N) is 2. The smallest absolute Gasteiger partial charge is 0.214 e. The molecule has 1 aliphatic rings. The molecule has 1 fully saturated rings. The molecule has 1 aromatic rings. The van der Waals surface area contributed by atoms with Gasteiger partial charge in [-0.3, -0.25) is 4.79 Å². The van der Waals surface area contributed by atoms with Gasteiger partial charge in [-0.05, 0) is 33.3 Å². The molecule has 0 spiro atoms. The highest BCUT2D eigenvalue weighted by Gasteiger charge is 2.30. The third kappa shape index (κ3) is 2.60. The molecule has 0 radical (unpaired) electrons. The molecule has 1 saturated heterocycles. The summed E-state index contributed by atoms with van der Waals surface area (Å²) in [6.07, 6.45) is 0.615. The van der Waals surface area contributed by atoms with Gasteiger partial charge in [-0.2, -0.15) is 4.31 Å². The minimum atomic E-state index is -3.21. The molecule has 0 unspecified atom stereocenters. The molecule has 2 rings (SSSR count). The van der Waals surface area contributed by atoms with Crippen molar-refractivity contribution in [1.29, 1.82) is 0 Å². The first-order valence-corrected chi connectivity index (χ1v) is 8.15. The maximum absolute atomic E-state index is 12.3. The zero-order chi connectivity index (χ0) is 14.2. The Balaban J connectivity index is 2.22. The molecule has 0 saturated carbocycles. The first-order valence-electron chi connectivity index (χ1n) is 6.54. The van der Waals surface area contributed by atoms with Crippen LogP contribution in [-0.4, -0.2) is 41.9 Å². The van der Waals surface area contributed by atoms with Crippen molar-refractivity contribution in [2.75, 3.05) is 18.8 Å². The van der Waals surface area contributed by atoms with Crippen LogP contribution in [0.4, 0.5) is 0 Å². The SMILES string of the molecule is CCn1c(C)cc(C(=O)CN2CCCS2(=O)=O)c1C. The van der Waals surface area contributed by atoms with E-state index >= 15 is 0 Å². The summed E-state index contributed by atoms with van der Waals surface area (Å²) in [5.74, 6) is 0.0483. The van der Waals surface area contributed by atoms with Gasteiger partial charge >= 0.3 is 0 Å². The highest BCUT2D eigenvalue weighted by atomic mass is 32.2. The van der Waals surface area contributed by atoms with E-state index < -0.39 is 10.0 Å². The minimum Gasteiger partial charge on any atom is -0.349 e. The standard InChI is InChI=1S/C13H20N2O3S/c1-4-15-10(2)8-12(11(15)3)13(16)9-14-6-5-7-19(14,17)18/h8H,4-7,9H2,1-3H3. The lowest BCUT2D eigenvalue weighted by Gasteiger charge is -2.13. The molecule has 106 valence electrons. The van der Waals surface area contributed by atoms with E-state index in [0.717, 1.165) is 17.9 Å². The zero-order valence-corrected chi connectivity index (χ0v) is 12.5. The lowest BCUT2D eigenvalue weighted by molar-refractivity contribution is 0.0968. The van der Waals surface area contributed by atoms with Crippen LogP contribution < -0.4 is 0 Å². The monoisotopic (exact) mass is 284 g/mol. The summed E-state index contributed by atoms with van der Waals surface area (Å²) < 4.78 is 26.8. The molecule has 5 nitrogen and oxygen atoms in total. The number of Topliss-reactive ketones (excluding diaryl/α,β-unsaturated/α-hetero) is 1. The first kappa shape index (κ1) is 14.3. The number of carbonyl (C=O) groups excluding carboxylic acids is 1. The van der Waals surface area contributed by atoms with Gasteiger partial charge in [0.1, 0.15) is 0 Å². The maximum atomic E-state index is 12.3. The van der Waals surface area contributed by atoms with Crippen LogP contribution in [0.2, 0.25) is 0 Å². The first-order chi connectivity index (χ1) is 8.86. The average Bonchev–Trinajstić information content (AvgIpc) is 2.80. The van der Waals surface area contributed by atoms with Crippen LogP contribution in [-0.2, 0) is 16.6 Å². The number of sulfonamides is 1. The average molecular weight is 284 g/mol. The number of hydrogen-bond donors (Lipinski definition) is 0. The van der Waals surface area contributed by atoms with E-state index in [9.17, 15) is 13.2 Å².